The summed E-state index contributed by atoms with van der Waals surface area (Å²) in [5, 5.41) is 41.9. The molecule has 0 saturated carbocycles. The summed E-state index contributed by atoms with van der Waals surface area (Å²) >= 11 is 0. The molecule has 0 fully saturated rings. The minimum absolute atomic E-state index is 0.000622. The number of hydrogen-bond acceptors (Lipinski definition) is 11. The van der Waals surface area contributed by atoms with Crippen molar-refractivity contribution in [3.05, 3.63) is 108 Å². The summed E-state index contributed by atoms with van der Waals surface area (Å²) < 4.78 is 54.6. The van der Waals surface area contributed by atoms with Crippen LogP contribution in [-0.4, -0.2) is 29.9 Å². The molecule has 3 heterocycles. The number of rotatable bonds is 0. The number of hydrogen-bond donors (Lipinski definition) is 0. The topological polar surface area (TPSA) is 218 Å². The molecule has 0 atom stereocenters. The monoisotopic (exact) mass is 660 g/mol. The summed E-state index contributed by atoms with van der Waals surface area (Å²) in [7, 11) is 0. The van der Waals surface area contributed by atoms with E-state index in [1.807, 2.05) is 0 Å². The Kier molecular flexibility index (Phi) is 9.06. The lowest BCUT2D eigenvalue weighted by Crippen LogP contribution is -2.30. The molecular weight excluding hydrogens is 660 g/mol. The Hall–Kier alpha value is -9.18. The number of fused-ring (bicyclic) bond motifs is 6. The normalized spacial score (nSPS) is 9.40. The van der Waals surface area contributed by atoms with Crippen molar-refractivity contribution in [3.63, 3.8) is 0 Å². The van der Waals surface area contributed by atoms with Crippen LogP contribution in [0.2, 0.25) is 0 Å². The van der Waals surface area contributed by atoms with Crippen LogP contribution in [-0.2, 0) is 0 Å². The molecule has 228 valence electrons. The molecule has 0 aliphatic carbocycles. The van der Waals surface area contributed by atoms with Crippen LogP contribution in [0.15, 0.2) is 0 Å². The SMILES string of the molecule is [C-]#[N+]C([N+]#[C-])=c1c(F)c(F)c(=C(C#N)C#N)c(F)c1F.[C-]#[N+]c1nc2c(nc1C#N)c1nc(C#N)c(C#N)nc1c1nc([N+]#[C-])c([N+]#[C-])nc21. The van der Waals surface area contributed by atoms with E-state index in [-0.39, 0.29) is 67.6 Å². The molecule has 2 aromatic carbocycles. The Balaban J connectivity index is 0.000000246. The average molecular weight is 660 g/mol. The highest BCUT2D eigenvalue weighted by Gasteiger charge is 2.29. The van der Waals surface area contributed by atoms with Crippen LogP contribution in [0.4, 0.5) is 35.0 Å². The molecule has 5 aromatic rings. The smallest absolute Gasteiger partial charge is 0.370 e. The summed E-state index contributed by atoms with van der Waals surface area (Å²) in [5.41, 5.74) is -2.02. The van der Waals surface area contributed by atoms with Gasteiger partial charge in [0.1, 0.15) is 70.8 Å². The van der Waals surface area contributed by atoms with Crippen LogP contribution in [0.1, 0.15) is 17.1 Å². The molecule has 20 heteroatoms. The van der Waals surface area contributed by atoms with E-state index < -0.39 is 45.1 Å². The highest BCUT2D eigenvalue weighted by Crippen LogP contribution is 2.35. The maximum absolute atomic E-state index is 13.6. The summed E-state index contributed by atoms with van der Waals surface area (Å²) in [6.07, 6.45) is 0. The summed E-state index contributed by atoms with van der Waals surface area (Å²) in [5.74, 6) is -10.1. The fourth-order valence-corrected chi connectivity index (χ4v) is 4.05. The van der Waals surface area contributed by atoms with E-state index in [2.05, 4.69) is 54.1 Å². The maximum Gasteiger partial charge on any atom is 0.532 e. The van der Waals surface area contributed by atoms with Gasteiger partial charge in [0.2, 0.25) is 11.0 Å². The number of halogens is 4. The zero-order chi connectivity index (χ0) is 36.9. The number of benzene rings is 2. The maximum atomic E-state index is 13.6. The number of nitrogens with zero attached hydrogens (tertiary/aromatic N) is 16. The second-order valence-electron chi connectivity index (χ2n) is 8.60. The van der Waals surface area contributed by atoms with E-state index in [0.717, 1.165) is 12.1 Å². The Labute approximate surface area is 273 Å². The van der Waals surface area contributed by atoms with Crippen LogP contribution in [0, 0.1) is 113 Å². The molecule has 16 nitrogen and oxygen atoms in total. The lowest BCUT2D eigenvalue weighted by atomic mass is 10.1. The van der Waals surface area contributed by atoms with Crippen LogP contribution >= 0.6 is 0 Å². The molecule has 0 radical (unpaired) electrons. The lowest BCUT2D eigenvalue weighted by Gasteiger charge is -2.04. The molecule has 50 heavy (non-hydrogen) atoms. The molecular formula is C30F4N16. The van der Waals surface area contributed by atoms with Gasteiger partial charge in [-0.25, -0.2) is 32.5 Å². The quantitative estimate of drug-likeness (QED) is 0.0995. The zero-order valence-electron chi connectivity index (χ0n) is 23.7. The van der Waals surface area contributed by atoms with Crippen LogP contribution in [0.3, 0.4) is 0 Å². The highest BCUT2D eigenvalue weighted by atomic mass is 19.2. The summed E-state index contributed by atoms with van der Waals surface area (Å²) in [4.78, 5) is 39.3. The summed E-state index contributed by atoms with van der Waals surface area (Å²) in [6.45, 7) is 34.8. The zero-order valence-corrected chi connectivity index (χ0v) is 23.7. The third kappa shape index (κ3) is 5.25. The van der Waals surface area contributed by atoms with Crippen molar-refractivity contribution in [2.75, 3.05) is 0 Å². The van der Waals surface area contributed by atoms with Crippen LogP contribution in [0.25, 0.3) is 68.7 Å². The van der Waals surface area contributed by atoms with Crippen molar-refractivity contribution in [1.29, 1.82) is 26.3 Å². The van der Waals surface area contributed by atoms with E-state index in [0.29, 0.717) is 0 Å². The lowest BCUT2D eigenvalue weighted by molar-refractivity contribution is 0.434. The van der Waals surface area contributed by atoms with E-state index in [1.165, 1.54) is 0 Å². The first-order valence-electron chi connectivity index (χ1n) is 12.3. The second-order valence-corrected chi connectivity index (χ2v) is 8.60. The Morgan fingerprint density at radius 3 is 1.10 bits per heavy atom. The van der Waals surface area contributed by atoms with Gasteiger partial charge in [0.25, 0.3) is 17.2 Å². The largest absolute Gasteiger partial charge is 0.532 e. The molecule has 3 aromatic heterocycles. The van der Waals surface area contributed by atoms with Gasteiger partial charge in [0, 0.05) is 0 Å². The van der Waals surface area contributed by atoms with Crippen molar-refractivity contribution in [1.82, 2.24) is 29.9 Å². The highest BCUT2D eigenvalue weighted by molar-refractivity contribution is 6.19. The van der Waals surface area contributed by atoms with E-state index in [1.54, 1.807) is 18.2 Å². The molecule has 0 aliphatic rings. The van der Waals surface area contributed by atoms with Crippen molar-refractivity contribution in [3.8, 4) is 30.3 Å². The van der Waals surface area contributed by atoms with Gasteiger partial charge in [-0.05, 0) is 0 Å². The molecule has 0 aliphatic heterocycles. The second kappa shape index (κ2) is 13.4. The van der Waals surface area contributed by atoms with Gasteiger partial charge < -0.3 is 14.5 Å². The van der Waals surface area contributed by atoms with Gasteiger partial charge >= 0.3 is 11.6 Å². The Morgan fingerprint density at radius 2 is 0.780 bits per heavy atom. The van der Waals surface area contributed by atoms with Crippen molar-refractivity contribution in [2.45, 2.75) is 0 Å². The van der Waals surface area contributed by atoms with Gasteiger partial charge in [-0.3, -0.25) is 0 Å². The van der Waals surface area contributed by atoms with Gasteiger partial charge in [-0.1, -0.05) is 19.7 Å². The molecule has 0 saturated heterocycles. The molecule has 0 unspecified atom stereocenters. The first-order chi connectivity index (χ1) is 24.0. The predicted octanol–water partition coefficient (Wildman–Crippen LogP) is 4.13. The first-order valence-corrected chi connectivity index (χ1v) is 12.3. The standard InChI is InChI=1S/C18N12.C12F4N4/c1-22-16-9(6-21)27-12-10-11(26-8(5-20)7(4-19)25-10)14-15(13(12)28-16)30-18(24-3)17(23-2)29-14;1-19-12(20-2)7-10(15)8(13)6(5(3-17)4-18)9(14)11(7)16. The van der Waals surface area contributed by atoms with Gasteiger partial charge in [0.15, 0.2) is 40.4 Å². The van der Waals surface area contributed by atoms with Gasteiger partial charge in [-0.15, -0.1) is 15.0 Å². The first kappa shape index (κ1) is 33.7. The molecule has 0 N–H and O–H groups in total. The predicted molar refractivity (Wildman–Crippen MR) is 155 cm³/mol. The Morgan fingerprint density at radius 1 is 0.460 bits per heavy atom. The molecule has 0 amide bonds. The van der Waals surface area contributed by atoms with E-state index in [4.69, 9.17) is 43.4 Å². The van der Waals surface area contributed by atoms with E-state index >= 15 is 0 Å². The molecule has 0 bridgehead atoms. The van der Waals surface area contributed by atoms with Crippen LogP contribution in [0.5, 0.6) is 0 Å². The van der Waals surface area contributed by atoms with Gasteiger partial charge in [-0.2, -0.15) is 36.0 Å². The third-order valence-corrected chi connectivity index (χ3v) is 6.11. The minimum Gasteiger partial charge on any atom is -0.370 e. The third-order valence-electron chi connectivity index (χ3n) is 6.11. The Bertz CT molecular complexity index is 2490. The fourth-order valence-electron chi connectivity index (χ4n) is 4.05. The van der Waals surface area contributed by atoms with E-state index in [9.17, 15) is 33.3 Å². The average Bonchev–Trinajstić information content (AvgIpc) is 3.15. The van der Waals surface area contributed by atoms with Crippen molar-refractivity contribution < 1.29 is 17.6 Å². The van der Waals surface area contributed by atoms with Crippen molar-refractivity contribution >= 4 is 61.9 Å². The van der Waals surface area contributed by atoms with Gasteiger partial charge in [0.05, 0.1) is 5.22 Å². The minimum atomic E-state index is -2.01. The fraction of sp³-hybridized carbons (Fsp3) is 0. The van der Waals surface area contributed by atoms with Crippen LogP contribution < -0.4 is 10.4 Å². The summed E-state index contributed by atoms with van der Waals surface area (Å²) in [6, 6.07) is 7.48. The number of aromatic nitrogens is 6. The number of nitriles is 5. The molecule has 5 rings (SSSR count). The van der Waals surface area contributed by atoms with Crippen molar-refractivity contribution in [2.24, 2.45) is 0 Å². The molecule has 0 spiro atoms.